The van der Waals surface area contributed by atoms with Crippen molar-refractivity contribution in [3.05, 3.63) is 48.6 Å². The Morgan fingerprint density at radius 2 is 1.92 bits per heavy atom. The van der Waals surface area contributed by atoms with Gasteiger partial charge in [-0.15, -0.1) is 0 Å². The van der Waals surface area contributed by atoms with Crippen LogP contribution < -0.4 is 9.80 Å². The minimum Gasteiger partial charge on any atom is -0.360 e. The molecule has 3 heterocycles. The van der Waals surface area contributed by atoms with Crippen LogP contribution in [0, 0.1) is 0 Å². The molecule has 0 aliphatic carbocycles. The lowest BCUT2D eigenvalue weighted by Gasteiger charge is -2.33. The molecule has 4 rings (SSSR count). The summed E-state index contributed by atoms with van der Waals surface area (Å²) in [6.07, 6.45) is 5.55. The number of aromatic nitrogens is 4. The zero-order valence-electron chi connectivity index (χ0n) is 15.0. The van der Waals surface area contributed by atoms with Gasteiger partial charge in [0.05, 0.1) is 5.92 Å². The number of piperidine rings is 1. The van der Waals surface area contributed by atoms with Crippen LogP contribution in [0.15, 0.2) is 47.2 Å². The van der Waals surface area contributed by atoms with Crippen molar-refractivity contribution in [2.75, 3.05) is 37.0 Å². The molecule has 0 bridgehead atoms. The molecule has 1 fully saturated rings. The quantitative estimate of drug-likeness (QED) is 0.716. The van der Waals surface area contributed by atoms with Crippen molar-refractivity contribution in [3.8, 4) is 11.4 Å². The SMILES string of the molecule is CN(C)c1nccnc1N1CCCC(c2nc(-c3ccccc3)no2)C1. The molecule has 0 N–H and O–H groups in total. The molecule has 0 amide bonds. The van der Waals surface area contributed by atoms with Crippen LogP contribution in [0.5, 0.6) is 0 Å². The van der Waals surface area contributed by atoms with E-state index in [0.29, 0.717) is 11.7 Å². The smallest absolute Gasteiger partial charge is 0.231 e. The third-order valence-corrected chi connectivity index (χ3v) is 4.63. The highest BCUT2D eigenvalue weighted by atomic mass is 16.5. The van der Waals surface area contributed by atoms with Crippen molar-refractivity contribution in [2.24, 2.45) is 0 Å². The Morgan fingerprint density at radius 1 is 1.12 bits per heavy atom. The van der Waals surface area contributed by atoms with Crippen LogP contribution >= 0.6 is 0 Å². The van der Waals surface area contributed by atoms with Gasteiger partial charge >= 0.3 is 0 Å². The molecule has 7 nitrogen and oxygen atoms in total. The second-order valence-electron chi connectivity index (χ2n) is 6.71. The second-order valence-corrected chi connectivity index (χ2v) is 6.71. The maximum Gasteiger partial charge on any atom is 0.231 e. The van der Waals surface area contributed by atoms with E-state index >= 15 is 0 Å². The van der Waals surface area contributed by atoms with E-state index in [4.69, 9.17) is 4.52 Å². The molecular weight excluding hydrogens is 328 g/mol. The van der Waals surface area contributed by atoms with E-state index in [1.807, 2.05) is 49.3 Å². The first kappa shape index (κ1) is 16.5. The first-order valence-corrected chi connectivity index (χ1v) is 8.84. The van der Waals surface area contributed by atoms with Crippen LogP contribution in [0.3, 0.4) is 0 Å². The summed E-state index contributed by atoms with van der Waals surface area (Å²) in [7, 11) is 3.97. The van der Waals surface area contributed by atoms with Gasteiger partial charge in [0.25, 0.3) is 0 Å². The average Bonchev–Trinajstić information content (AvgIpc) is 3.19. The van der Waals surface area contributed by atoms with Gasteiger partial charge in [0.2, 0.25) is 11.7 Å². The molecule has 1 aliphatic rings. The van der Waals surface area contributed by atoms with Gasteiger partial charge < -0.3 is 14.3 Å². The fourth-order valence-electron chi connectivity index (χ4n) is 3.34. The minimum atomic E-state index is 0.200. The highest BCUT2D eigenvalue weighted by Crippen LogP contribution is 2.32. The van der Waals surface area contributed by atoms with Gasteiger partial charge in [0.15, 0.2) is 11.6 Å². The van der Waals surface area contributed by atoms with Crippen LogP contribution in [-0.2, 0) is 0 Å². The number of hydrogen-bond acceptors (Lipinski definition) is 7. The van der Waals surface area contributed by atoms with Crippen molar-refractivity contribution in [2.45, 2.75) is 18.8 Å². The highest BCUT2D eigenvalue weighted by Gasteiger charge is 2.28. The maximum absolute atomic E-state index is 5.59. The third kappa shape index (κ3) is 3.24. The summed E-state index contributed by atoms with van der Waals surface area (Å²) >= 11 is 0. The van der Waals surface area contributed by atoms with Gasteiger partial charge in [0, 0.05) is 45.1 Å². The van der Waals surface area contributed by atoms with E-state index in [1.165, 1.54) is 0 Å². The number of hydrogen-bond donors (Lipinski definition) is 0. The fraction of sp³-hybridized carbons (Fsp3) is 0.368. The van der Waals surface area contributed by atoms with Crippen LogP contribution in [0.25, 0.3) is 11.4 Å². The van der Waals surface area contributed by atoms with E-state index in [2.05, 4.69) is 25.0 Å². The highest BCUT2D eigenvalue weighted by molar-refractivity contribution is 5.61. The maximum atomic E-state index is 5.59. The summed E-state index contributed by atoms with van der Waals surface area (Å²) < 4.78 is 5.59. The molecule has 0 saturated carbocycles. The summed E-state index contributed by atoms with van der Waals surface area (Å²) in [5, 5.41) is 4.16. The Balaban J connectivity index is 1.56. The van der Waals surface area contributed by atoms with Gasteiger partial charge in [-0.1, -0.05) is 35.5 Å². The zero-order valence-corrected chi connectivity index (χ0v) is 15.0. The Bertz CT molecular complexity index is 863. The molecule has 0 spiro atoms. The van der Waals surface area contributed by atoms with Crippen LogP contribution in [0.4, 0.5) is 11.6 Å². The molecule has 1 saturated heterocycles. The Labute approximate surface area is 152 Å². The van der Waals surface area contributed by atoms with Crippen molar-refractivity contribution in [3.63, 3.8) is 0 Å². The summed E-state index contributed by atoms with van der Waals surface area (Å²) in [5.74, 6) is 3.33. The predicted octanol–water partition coefficient (Wildman–Crippen LogP) is 2.98. The van der Waals surface area contributed by atoms with Crippen LogP contribution in [0.2, 0.25) is 0 Å². The summed E-state index contributed by atoms with van der Waals surface area (Å²) in [6.45, 7) is 1.76. The standard InChI is InChI=1S/C19H22N6O/c1-24(2)17-18(21-11-10-20-17)25-12-6-9-15(13-25)19-22-16(23-26-19)14-7-4-3-5-8-14/h3-5,7-8,10-11,15H,6,9,12-13H2,1-2H3. The molecule has 1 aliphatic heterocycles. The molecule has 1 aromatic carbocycles. The number of benzene rings is 1. The number of nitrogens with zero attached hydrogens (tertiary/aromatic N) is 6. The monoisotopic (exact) mass is 350 g/mol. The largest absolute Gasteiger partial charge is 0.360 e. The lowest BCUT2D eigenvalue weighted by atomic mass is 9.98. The first-order chi connectivity index (χ1) is 12.7. The van der Waals surface area contributed by atoms with E-state index in [9.17, 15) is 0 Å². The number of anilines is 2. The van der Waals surface area contributed by atoms with Gasteiger partial charge in [-0.25, -0.2) is 9.97 Å². The molecule has 7 heteroatoms. The fourth-order valence-corrected chi connectivity index (χ4v) is 3.34. The zero-order chi connectivity index (χ0) is 17.9. The Morgan fingerprint density at radius 3 is 2.73 bits per heavy atom. The topological polar surface area (TPSA) is 71.2 Å². The van der Waals surface area contributed by atoms with E-state index in [-0.39, 0.29) is 5.92 Å². The molecule has 1 atom stereocenters. The molecule has 0 radical (unpaired) electrons. The molecule has 134 valence electrons. The molecule has 2 aromatic heterocycles. The third-order valence-electron chi connectivity index (χ3n) is 4.63. The summed E-state index contributed by atoms with van der Waals surface area (Å²) in [6, 6.07) is 9.91. The second kappa shape index (κ2) is 7.11. The van der Waals surface area contributed by atoms with Crippen molar-refractivity contribution < 1.29 is 4.52 Å². The van der Waals surface area contributed by atoms with E-state index < -0.39 is 0 Å². The van der Waals surface area contributed by atoms with Crippen molar-refractivity contribution >= 4 is 11.6 Å². The molecule has 3 aromatic rings. The molecular formula is C19H22N6O. The van der Waals surface area contributed by atoms with E-state index in [1.54, 1.807) is 12.4 Å². The average molecular weight is 350 g/mol. The lowest BCUT2D eigenvalue weighted by molar-refractivity contribution is 0.333. The summed E-state index contributed by atoms with van der Waals surface area (Å²) in [5.41, 5.74) is 0.971. The lowest BCUT2D eigenvalue weighted by Crippen LogP contribution is -2.36. The predicted molar refractivity (Wildman–Crippen MR) is 100 cm³/mol. The van der Waals surface area contributed by atoms with Crippen LogP contribution in [0.1, 0.15) is 24.7 Å². The normalized spacial score (nSPS) is 17.3. The Kier molecular flexibility index (Phi) is 4.51. The first-order valence-electron chi connectivity index (χ1n) is 8.84. The van der Waals surface area contributed by atoms with Gasteiger partial charge in [0.1, 0.15) is 0 Å². The minimum absolute atomic E-state index is 0.200. The Hall–Kier alpha value is -2.96. The van der Waals surface area contributed by atoms with Crippen LogP contribution in [-0.4, -0.2) is 47.3 Å². The van der Waals surface area contributed by atoms with Gasteiger partial charge in [-0.05, 0) is 12.8 Å². The van der Waals surface area contributed by atoms with Gasteiger partial charge in [-0.2, -0.15) is 4.98 Å². The number of rotatable bonds is 4. The molecule has 26 heavy (non-hydrogen) atoms. The van der Waals surface area contributed by atoms with Gasteiger partial charge in [-0.3, -0.25) is 0 Å². The summed E-state index contributed by atoms with van der Waals surface area (Å²) in [4.78, 5) is 17.9. The molecule has 1 unspecified atom stereocenters. The van der Waals surface area contributed by atoms with E-state index in [0.717, 1.165) is 43.1 Å². The van der Waals surface area contributed by atoms with Crippen molar-refractivity contribution in [1.82, 2.24) is 20.1 Å². The van der Waals surface area contributed by atoms with Crippen molar-refractivity contribution in [1.29, 1.82) is 0 Å².